The van der Waals surface area contributed by atoms with Crippen molar-refractivity contribution in [2.45, 2.75) is 32.7 Å². The maximum absolute atomic E-state index is 6.36. The van der Waals surface area contributed by atoms with Crippen LogP contribution in [0.2, 0.25) is 0 Å². The molecule has 0 spiro atoms. The van der Waals surface area contributed by atoms with Gasteiger partial charge in [-0.3, -0.25) is 4.98 Å². The van der Waals surface area contributed by atoms with Gasteiger partial charge < -0.3 is 5.73 Å². The quantitative estimate of drug-likeness (QED) is 0.867. The largest absolute Gasteiger partial charge is 0.324 e. The first-order valence-electron chi connectivity index (χ1n) is 6.32. The summed E-state index contributed by atoms with van der Waals surface area (Å²) in [4.78, 5) is 4.21. The summed E-state index contributed by atoms with van der Waals surface area (Å²) in [5.74, 6) is 0.505. The van der Waals surface area contributed by atoms with Crippen LogP contribution in [0.25, 0.3) is 10.8 Å². The summed E-state index contributed by atoms with van der Waals surface area (Å²) in [7, 11) is 0. The lowest BCUT2D eigenvalue weighted by atomic mass is 9.89. The molecule has 2 N–H and O–H groups in total. The Labute approximate surface area is 103 Å². The van der Waals surface area contributed by atoms with Gasteiger partial charge in [0.05, 0.1) is 0 Å². The summed E-state index contributed by atoms with van der Waals surface area (Å²) < 4.78 is 0. The first kappa shape index (κ1) is 12.1. The van der Waals surface area contributed by atoms with E-state index >= 15 is 0 Å². The zero-order valence-electron chi connectivity index (χ0n) is 10.6. The molecule has 2 atom stereocenters. The molecule has 0 saturated heterocycles. The molecule has 2 rings (SSSR count). The standard InChI is InChI=1S/C15H20N2/c1-3-5-11(2)15(16)13-7-4-6-12-8-9-17-10-14(12)13/h4,6-11,15H,3,5,16H2,1-2H3. The molecule has 0 aliphatic heterocycles. The van der Waals surface area contributed by atoms with Crippen molar-refractivity contribution in [3.63, 3.8) is 0 Å². The topological polar surface area (TPSA) is 38.9 Å². The summed E-state index contributed by atoms with van der Waals surface area (Å²) in [6.07, 6.45) is 6.09. The van der Waals surface area contributed by atoms with Crippen LogP contribution in [0, 0.1) is 5.92 Å². The third kappa shape index (κ3) is 2.47. The van der Waals surface area contributed by atoms with Crippen LogP contribution >= 0.6 is 0 Å². The Kier molecular flexibility index (Phi) is 3.75. The minimum absolute atomic E-state index is 0.0999. The second-order valence-corrected chi connectivity index (χ2v) is 4.74. The molecule has 1 heterocycles. The number of nitrogens with two attached hydrogens (primary N) is 1. The normalized spacial score (nSPS) is 14.8. The fourth-order valence-electron chi connectivity index (χ4n) is 2.37. The second-order valence-electron chi connectivity index (χ2n) is 4.74. The van der Waals surface area contributed by atoms with Gasteiger partial charge in [-0.25, -0.2) is 0 Å². The molecule has 90 valence electrons. The lowest BCUT2D eigenvalue weighted by Crippen LogP contribution is -2.19. The Bertz CT molecular complexity index is 488. The Balaban J connectivity index is 2.41. The Morgan fingerprint density at radius 1 is 1.29 bits per heavy atom. The SMILES string of the molecule is CCCC(C)C(N)c1cccc2ccncc12. The number of hydrogen-bond acceptors (Lipinski definition) is 2. The van der Waals surface area contributed by atoms with Gasteiger partial charge >= 0.3 is 0 Å². The molecule has 2 heteroatoms. The van der Waals surface area contributed by atoms with Crippen molar-refractivity contribution in [2.24, 2.45) is 11.7 Å². The number of pyridine rings is 1. The maximum atomic E-state index is 6.36. The van der Waals surface area contributed by atoms with Crippen LogP contribution in [0.5, 0.6) is 0 Å². The van der Waals surface area contributed by atoms with Gasteiger partial charge in [-0.2, -0.15) is 0 Å². The van der Waals surface area contributed by atoms with Gasteiger partial charge in [0.25, 0.3) is 0 Å². The highest BCUT2D eigenvalue weighted by Gasteiger charge is 2.16. The highest BCUT2D eigenvalue weighted by molar-refractivity contribution is 5.85. The number of benzene rings is 1. The highest BCUT2D eigenvalue weighted by Crippen LogP contribution is 2.28. The first-order chi connectivity index (χ1) is 8.24. The van der Waals surface area contributed by atoms with Crippen molar-refractivity contribution in [1.82, 2.24) is 4.98 Å². The number of hydrogen-bond donors (Lipinski definition) is 1. The number of fused-ring (bicyclic) bond motifs is 1. The Morgan fingerprint density at radius 3 is 2.88 bits per heavy atom. The predicted octanol–water partition coefficient (Wildman–Crippen LogP) is 3.67. The van der Waals surface area contributed by atoms with E-state index in [-0.39, 0.29) is 6.04 Å². The van der Waals surface area contributed by atoms with Gasteiger partial charge in [-0.05, 0) is 29.4 Å². The lowest BCUT2D eigenvalue weighted by Gasteiger charge is -2.21. The van der Waals surface area contributed by atoms with E-state index in [4.69, 9.17) is 5.73 Å². The van der Waals surface area contributed by atoms with E-state index in [1.165, 1.54) is 22.8 Å². The molecule has 0 aliphatic rings. The third-order valence-electron chi connectivity index (χ3n) is 3.43. The van der Waals surface area contributed by atoms with E-state index in [0.29, 0.717) is 5.92 Å². The molecule has 2 unspecified atom stereocenters. The molecule has 0 saturated carbocycles. The first-order valence-corrected chi connectivity index (χ1v) is 6.32. The fourth-order valence-corrected chi connectivity index (χ4v) is 2.37. The average molecular weight is 228 g/mol. The summed E-state index contributed by atoms with van der Waals surface area (Å²) >= 11 is 0. The number of aromatic nitrogens is 1. The summed E-state index contributed by atoms with van der Waals surface area (Å²) in [6.45, 7) is 4.43. The zero-order valence-corrected chi connectivity index (χ0v) is 10.6. The molecule has 0 aliphatic carbocycles. The molecular formula is C15H20N2. The smallest absolute Gasteiger partial charge is 0.0349 e. The Morgan fingerprint density at radius 2 is 2.12 bits per heavy atom. The molecular weight excluding hydrogens is 208 g/mol. The summed E-state index contributed by atoms with van der Waals surface area (Å²) in [5, 5.41) is 2.40. The lowest BCUT2D eigenvalue weighted by molar-refractivity contribution is 0.435. The highest BCUT2D eigenvalue weighted by atomic mass is 14.7. The van der Waals surface area contributed by atoms with Crippen LogP contribution < -0.4 is 5.73 Å². The van der Waals surface area contributed by atoms with Gasteiger partial charge in [0.2, 0.25) is 0 Å². The molecule has 2 nitrogen and oxygen atoms in total. The molecule has 17 heavy (non-hydrogen) atoms. The van der Waals surface area contributed by atoms with Crippen molar-refractivity contribution in [3.8, 4) is 0 Å². The molecule has 0 radical (unpaired) electrons. The second kappa shape index (κ2) is 5.28. The van der Waals surface area contributed by atoms with Crippen molar-refractivity contribution in [2.75, 3.05) is 0 Å². The van der Waals surface area contributed by atoms with Crippen molar-refractivity contribution < 1.29 is 0 Å². The van der Waals surface area contributed by atoms with Gasteiger partial charge in [0.1, 0.15) is 0 Å². The van der Waals surface area contributed by atoms with E-state index in [0.717, 1.165) is 6.42 Å². The van der Waals surface area contributed by atoms with Gasteiger partial charge in [-0.1, -0.05) is 38.5 Å². The number of nitrogens with zero attached hydrogens (tertiary/aromatic N) is 1. The third-order valence-corrected chi connectivity index (χ3v) is 3.43. The van der Waals surface area contributed by atoms with Gasteiger partial charge in [-0.15, -0.1) is 0 Å². The predicted molar refractivity (Wildman–Crippen MR) is 72.7 cm³/mol. The maximum Gasteiger partial charge on any atom is 0.0349 e. The van der Waals surface area contributed by atoms with Crippen molar-refractivity contribution >= 4 is 10.8 Å². The summed E-state index contributed by atoms with van der Waals surface area (Å²) in [5.41, 5.74) is 7.58. The van der Waals surface area contributed by atoms with Crippen LogP contribution in [0.4, 0.5) is 0 Å². The van der Waals surface area contributed by atoms with Crippen molar-refractivity contribution in [3.05, 3.63) is 42.2 Å². The zero-order chi connectivity index (χ0) is 12.3. The van der Waals surface area contributed by atoms with E-state index in [1.54, 1.807) is 0 Å². The average Bonchev–Trinajstić information content (AvgIpc) is 2.37. The van der Waals surface area contributed by atoms with E-state index in [2.05, 4.69) is 37.0 Å². The molecule has 0 fully saturated rings. The van der Waals surface area contributed by atoms with Crippen LogP contribution in [0.1, 0.15) is 38.3 Å². The summed E-state index contributed by atoms with van der Waals surface area (Å²) in [6, 6.07) is 8.45. The molecule has 1 aromatic heterocycles. The number of rotatable bonds is 4. The van der Waals surface area contributed by atoms with E-state index < -0.39 is 0 Å². The van der Waals surface area contributed by atoms with Crippen LogP contribution in [-0.2, 0) is 0 Å². The molecule has 2 aromatic rings. The fraction of sp³-hybridized carbons (Fsp3) is 0.400. The van der Waals surface area contributed by atoms with Crippen LogP contribution in [0.15, 0.2) is 36.7 Å². The monoisotopic (exact) mass is 228 g/mol. The minimum Gasteiger partial charge on any atom is -0.324 e. The molecule has 0 bridgehead atoms. The van der Waals surface area contributed by atoms with Gasteiger partial charge in [0, 0.05) is 23.8 Å². The minimum atomic E-state index is 0.0999. The molecule has 1 aromatic carbocycles. The molecule has 0 amide bonds. The van der Waals surface area contributed by atoms with Gasteiger partial charge in [0.15, 0.2) is 0 Å². The Hall–Kier alpha value is -1.41. The van der Waals surface area contributed by atoms with E-state index in [1.807, 2.05) is 18.5 Å². The van der Waals surface area contributed by atoms with E-state index in [9.17, 15) is 0 Å². The van der Waals surface area contributed by atoms with Crippen molar-refractivity contribution in [1.29, 1.82) is 0 Å². The van der Waals surface area contributed by atoms with Crippen LogP contribution in [0.3, 0.4) is 0 Å². The van der Waals surface area contributed by atoms with Crippen LogP contribution in [-0.4, -0.2) is 4.98 Å².